The molecule has 0 unspecified atom stereocenters. The fourth-order valence-corrected chi connectivity index (χ4v) is 0.876. The molecule has 1 aromatic heterocycles. The molecule has 0 spiro atoms. The highest BCUT2D eigenvalue weighted by Crippen LogP contribution is 1.86. The Morgan fingerprint density at radius 2 is 2.36 bits per heavy atom. The highest BCUT2D eigenvalue weighted by atomic mass is 16.1. The topological polar surface area (TPSA) is 22.0 Å². The molecule has 0 N–H and O–H groups in total. The monoisotopic (exact) mass is 149 g/mol. The van der Waals surface area contributed by atoms with Crippen LogP contribution in [0, 0.1) is 0 Å². The van der Waals surface area contributed by atoms with Crippen LogP contribution in [-0.4, -0.2) is 4.57 Å². The molecule has 1 heterocycles. The average molecular weight is 149 g/mol. The fraction of sp³-hybridized carbons (Fsp3) is 0.222. The molecule has 0 atom stereocenters. The van der Waals surface area contributed by atoms with Crippen LogP contribution in [0.5, 0.6) is 0 Å². The van der Waals surface area contributed by atoms with Gasteiger partial charge in [0.1, 0.15) is 0 Å². The SMILES string of the molecule is C=CCCn1ccccc1=O. The van der Waals surface area contributed by atoms with Crippen LogP contribution in [0.4, 0.5) is 0 Å². The Balaban J connectivity index is 2.78. The number of pyridine rings is 1. The van der Waals surface area contributed by atoms with E-state index in [0.29, 0.717) is 0 Å². The Morgan fingerprint density at radius 3 is 3.00 bits per heavy atom. The molecular weight excluding hydrogens is 138 g/mol. The molecule has 58 valence electrons. The van der Waals surface area contributed by atoms with Gasteiger partial charge in [-0.15, -0.1) is 6.58 Å². The third kappa shape index (κ3) is 2.08. The Bertz CT molecular complexity index is 288. The highest BCUT2D eigenvalue weighted by Gasteiger charge is 1.89. The number of aromatic nitrogens is 1. The summed E-state index contributed by atoms with van der Waals surface area (Å²) in [7, 11) is 0. The first-order valence-corrected chi connectivity index (χ1v) is 3.61. The summed E-state index contributed by atoms with van der Waals surface area (Å²) in [5.41, 5.74) is 0.0503. The lowest BCUT2D eigenvalue weighted by Crippen LogP contribution is -2.17. The van der Waals surface area contributed by atoms with Crippen LogP contribution in [0.1, 0.15) is 6.42 Å². The van der Waals surface area contributed by atoms with Crippen LogP contribution in [-0.2, 0) is 6.54 Å². The minimum absolute atomic E-state index is 0.0503. The Morgan fingerprint density at radius 1 is 1.55 bits per heavy atom. The van der Waals surface area contributed by atoms with E-state index < -0.39 is 0 Å². The van der Waals surface area contributed by atoms with Crippen molar-refractivity contribution in [2.75, 3.05) is 0 Å². The Labute approximate surface area is 65.8 Å². The molecule has 0 fully saturated rings. The summed E-state index contributed by atoms with van der Waals surface area (Å²) < 4.78 is 1.67. The Hall–Kier alpha value is -1.31. The third-order valence-corrected chi connectivity index (χ3v) is 1.47. The lowest BCUT2D eigenvalue weighted by atomic mass is 10.4. The molecule has 0 aliphatic carbocycles. The Kier molecular flexibility index (Phi) is 2.66. The van der Waals surface area contributed by atoms with Gasteiger partial charge >= 0.3 is 0 Å². The van der Waals surface area contributed by atoms with E-state index in [1.54, 1.807) is 29.0 Å². The third-order valence-electron chi connectivity index (χ3n) is 1.47. The smallest absolute Gasteiger partial charge is 0.250 e. The summed E-state index contributed by atoms with van der Waals surface area (Å²) in [5.74, 6) is 0. The van der Waals surface area contributed by atoms with Crippen molar-refractivity contribution in [2.45, 2.75) is 13.0 Å². The molecule has 0 radical (unpaired) electrons. The first kappa shape index (κ1) is 7.79. The number of rotatable bonds is 3. The first-order valence-electron chi connectivity index (χ1n) is 3.61. The number of hydrogen-bond donors (Lipinski definition) is 0. The van der Waals surface area contributed by atoms with E-state index in [-0.39, 0.29) is 5.56 Å². The van der Waals surface area contributed by atoms with Gasteiger partial charge < -0.3 is 4.57 Å². The van der Waals surface area contributed by atoms with Crippen molar-refractivity contribution in [3.8, 4) is 0 Å². The molecule has 0 saturated carbocycles. The summed E-state index contributed by atoms with van der Waals surface area (Å²) in [6, 6.07) is 5.15. The largest absolute Gasteiger partial charge is 0.315 e. The minimum Gasteiger partial charge on any atom is -0.315 e. The molecule has 11 heavy (non-hydrogen) atoms. The predicted molar refractivity (Wildman–Crippen MR) is 45.5 cm³/mol. The summed E-state index contributed by atoms with van der Waals surface area (Å²) >= 11 is 0. The van der Waals surface area contributed by atoms with E-state index in [9.17, 15) is 4.79 Å². The van der Waals surface area contributed by atoms with Gasteiger partial charge in [0.05, 0.1) is 0 Å². The minimum atomic E-state index is 0.0503. The maximum Gasteiger partial charge on any atom is 0.250 e. The van der Waals surface area contributed by atoms with Crippen molar-refractivity contribution in [3.05, 3.63) is 47.4 Å². The molecule has 1 aromatic rings. The van der Waals surface area contributed by atoms with Gasteiger partial charge in [-0.2, -0.15) is 0 Å². The van der Waals surface area contributed by atoms with E-state index >= 15 is 0 Å². The normalized spacial score (nSPS) is 9.45. The number of allylic oxidation sites excluding steroid dienone is 1. The molecule has 1 rings (SSSR count). The summed E-state index contributed by atoms with van der Waals surface area (Å²) in [6.07, 6.45) is 4.43. The van der Waals surface area contributed by atoms with Crippen molar-refractivity contribution in [1.29, 1.82) is 0 Å². The van der Waals surface area contributed by atoms with Gasteiger partial charge in [0.15, 0.2) is 0 Å². The lowest BCUT2D eigenvalue weighted by Gasteiger charge is -2.00. The second-order valence-corrected chi connectivity index (χ2v) is 2.31. The van der Waals surface area contributed by atoms with Crippen LogP contribution in [0.25, 0.3) is 0 Å². The van der Waals surface area contributed by atoms with Crippen molar-refractivity contribution in [2.24, 2.45) is 0 Å². The highest BCUT2D eigenvalue weighted by molar-refractivity contribution is 4.93. The quantitative estimate of drug-likeness (QED) is 0.596. The maximum atomic E-state index is 11.1. The molecule has 0 amide bonds. The van der Waals surface area contributed by atoms with Gasteiger partial charge in [0.2, 0.25) is 0 Å². The van der Waals surface area contributed by atoms with E-state index in [0.717, 1.165) is 13.0 Å². The summed E-state index contributed by atoms with van der Waals surface area (Å²) in [4.78, 5) is 11.1. The van der Waals surface area contributed by atoms with Gasteiger partial charge in [-0.25, -0.2) is 0 Å². The van der Waals surface area contributed by atoms with Gasteiger partial charge in [-0.3, -0.25) is 4.79 Å². The van der Waals surface area contributed by atoms with Crippen LogP contribution in [0.15, 0.2) is 41.8 Å². The summed E-state index contributed by atoms with van der Waals surface area (Å²) in [6.45, 7) is 4.32. The molecule has 2 nitrogen and oxygen atoms in total. The van der Waals surface area contributed by atoms with E-state index in [1.807, 2.05) is 6.07 Å². The number of aryl methyl sites for hydroxylation is 1. The van der Waals surface area contributed by atoms with Crippen molar-refractivity contribution in [3.63, 3.8) is 0 Å². The summed E-state index contributed by atoms with van der Waals surface area (Å²) in [5, 5.41) is 0. The lowest BCUT2D eigenvalue weighted by molar-refractivity contribution is 0.682. The standard InChI is InChI=1S/C9H11NO/c1-2-3-7-10-8-5-4-6-9(10)11/h2,4-6,8H,1,3,7H2. The van der Waals surface area contributed by atoms with E-state index in [4.69, 9.17) is 0 Å². The van der Waals surface area contributed by atoms with Crippen LogP contribution >= 0.6 is 0 Å². The molecular formula is C9H11NO. The van der Waals surface area contributed by atoms with E-state index in [2.05, 4.69) is 6.58 Å². The molecule has 0 aromatic carbocycles. The average Bonchev–Trinajstić information content (AvgIpc) is 2.03. The predicted octanol–water partition coefficient (Wildman–Crippen LogP) is 1.42. The molecule has 0 bridgehead atoms. The zero-order valence-corrected chi connectivity index (χ0v) is 6.36. The van der Waals surface area contributed by atoms with Gasteiger partial charge in [-0.1, -0.05) is 12.1 Å². The molecule has 0 aliphatic rings. The number of nitrogens with zero attached hydrogens (tertiary/aromatic N) is 1. The first-order chi connectivity index (χ1) is 5.34. The van der Waals surface area contributed by atoms with Crippen molar-refractivity contribution in [1.82, 2.24) is 4.57 Å². The van der Waals surface area contributed by atoms with Crippen LogP contribution in [0.3, 0.4) is 0 Å². The second-order valence-electron chi connectivity index (χ2n) is 2.31. The van der Waals surface area contributed by atoms with Gasteiger partial charge in [0.25, 0.3) is 5.56 Å². The zero-order chi connectivity index (χ0) is 8.10. The van der Waals surface area contributed by atoms with Gasteiger partial charge in [0, 0.05) is 18.8 Å². The van der Waals surface area contributed by atoms with Crippen molar-refractivity contribution < 1.29 is 0 Å². The van der Waals surface area contributed by atoms with E-state index in [1.165, 1.54) is 0 Å². The molecule has 2 heteroatoms. The fourth-order valence-electron chi connectivity index (χ4n) is 0.876. The second kappa shape index (κ2) is 3.76. The maximum absolute atomic E-state index is 11.1. The van der Waals surface area contributed by atoms with Crippen LogP contribution in [0.2, 0.25) is 0 Å². The van der Waals surface area contributed by atoms with Crippen LogP contribution < -0.4 is 5.56 Å². The van der Waals surface area contributed by atoms with Crippen molar-refractivity contribution >= 4 is 0 Å². The molecule has 0 saturated heterocycles. The zero-order valence-electron chi connectivity index (χ0n) is 6.36. The number of hydrogen-bond acceptors (Lipinski definition) is 1. The van der Waals surface area contributed by atoms with Gasteiger partial charge in [-0.05, 0) is 12.5 Å². The molecule has 0 aliphatic heterocycles.